The number of aliphatic hydroxyl groups is 1. The second-order valence-corrected chi connectivity index (χ2v) is 3.88. The van der Waals surface area contributed by atoms with Crippen LogP contribution in [0.4, 0.5) is 0 Å². The summed E-state index contributed by atoms with van der Waals surface area (Å²) in [6, 6.07) is 7.25. The maximum absolute atomic E-state index is 11.4. The molecule has 0 unspecified atom stereocenters. The number of benzene rings is 1. The van der Waals surface area contributed by atoms with Crippen LogP contribution in [-0.4, -0.2) is 10.9 Å². The maximum atomic E-state index is 11.4. The zero-order valence-electron chi connectivity index (χ0n) is 7.20. The van der Waals surface area contributed by atoms with Crippen molar-refractivity contribution in [3.05, 3.63) is 52.2 Å². The van der Waals surface area contributed by atoms with E-state index in [0.717, 1.165) is 10.0 Å². The zero-order valence-corrected chi connectivity index (χ0v) is 8.78. The molecule has 1 aromatic carbocycles. The van der Waals surface area contributed by atoms with E-state index in [2.05, 4.69) is 15.9 Å². The van der Waals surface area contributed by atoms with Crippen LogP contribution in [0.2, 0.25) is 0 Å². The first-order chi connectivity index (χ1) is 6.68. The Balaban J connectivity index is 2.47. The summed E-state index contributed by atoms with van der Waals surface area (Å²) in [4.78, 5) is 11.4. The van der Waals surface area contributed by atoms with E-state index in [1.807, 2.05) is 12.1 Å². The minimum absolute atomic E-state index is 0.0392. The number of rotatable bonds is 1. The van der Waals surface area contributed by atoms with E-state index in [1.165, 1.54) is 12.2 Å². The van der Waals surface area contributed by atoms with E-state index in [-0.39, 0.29) is 11.5 Å². The number of hydrogen-bond acceptors (Lipinski definition) is 2. The third-order valence-electron chi connectivity index (χ3n) is 2.03. The molecule has 0 aliphatic heterocycles. The summed E-state index contributed by atoms with van der Waals surface area (Å²) < 4.78 is 0.944. The molecule has 0 atom stereocenters. The summed E-state index contributed by atoms with van der Waals surface area (Å²) in [5.41, 5.74) is 1.11. The molecule has 0 heterocycles. The van der Waals surface area contributed by atoms with Gasteiger partial charge in [-0.3, -0.25) is 4.79 Å². The molecule has 2 nitrogen and oxygen atoms in total. The smallest absolute Gasteiger partial charge is 0.190 e. The zero-order chi connectivity index (χ0) is 10.1. The van der Waals surface area contributed by atoms with Crippen LogP contribution in [-0.2, 0) is 4.79 Å². The molecule has 70 valence electrons. The predicted molar refractivity (Wildman–Crippen MR) is 57.8 cm³/mol. The fourth-order valence-electron chi connectivity index (χ4n) is 1.35. The lowest BCUT2D eigenvalue weighted by Gasteiger charge is -2.01. The molecule has 14 heavy (non-hydrogen) atoms. The Bertz CT molecular complexity index is 441. The number of allylic oxidation sites excluding steroid dienone is 3. The molecule has 1 aliphatic rings. The topological polar surface area (TPSA) is 37.3 Å². The van der Waals surface area contributed by atoms with Gasteiger partial charge in [-0.05, 0) is 29.8 Å². The fraction of sp³-hybridized carbons (Fsp3) is 0. The summed E-state index contributed by atoms with van der Waals surface area (Å²) in [5, 5.41) is 9.44. The number of hydrogen-bond donors (Lipinski definition) is 1. The van der Waals surface area contributed by atoms with Crippen LogP contribution < -0.4 is 0 Å². The number of halogens is 1. The van der Waals surface area contributed by atoms with Crippen LogP contribution >= 0.6 is 15.9 Å². The molecule has 1 aromatic rings. The average molecular weight is 251 g/mol. The highest BCUT2D eigenvalue weighted by atomic mass is 79.9. The van der Waals surface area contributed by atoms with Gasteiger partial charge >= 0.3 is 0 Å². The minimum Gasteiger partial charge on any atom is -0.507 e. The first-order valence-corrected chi connectivity index (χ1v) is 4.89. The molecular weight excluding hydrogens is 244 g/mol. The third kappa shape index (κ3) is 1.51. The lowest BCUT2D eigenvalue weighted by Crippen LogP contribution is -1.95. The molecule has 1 N–H and O–H groups in total. The van der Waals surface area contributed by atoms with Crippen LogP contribution in [0.15, 0.2) is 46.6 Å². The first-order valence-electron chi connectivity index (χ1n) is 4.10. The van der Waals surface area contributed by atoms with Gasteiger partial charge in [-0.15, -0.1) is 0 Å². The van der Waals surface area contributed by atoms with Crippen LogP contribution in [0.25, 0.3) is 5.57 Å². The summed E-state index contributed by atoms with van der Waals surface area (Å²) in [6.07, 6.45) is 2.78. The van der Waals surface area contributed by atoms with Crippen molar-refractivity contribution in [2.24, 2.45) is 0 Å². The molecule has 0 bridgehead atoms. The lowest BCUT2D eigenvalue weighted by atomic mass is 10.0. The third-order valence-corrected chi connectivity index (χ3v) is 2.56. The van der Waals surface area contributed by atoms with Crippen LogP contribution in [0.3, 0.4) is 0 Å². The Labute approximate surface area is 89.7 Å². The largest absolute Gasteiger partial charge is 0.507 e. The van der Waals surface area contributed by atoms with Gasteiger partial charge in [0.25, 0.3) is 0 Å². The molecule has 1 aliphatic carbocycles. The van der Waals surface area contributed by atoms with Gasteiger partial charge in [-0.1, -0.05) is 28.1 Å². The van der Waals surface area contributed by atoms with Gasteiger partial charge in [-0.2, -0.15) is 0 Å². The van der Waals surface area contributed by atoms with Crippen LogP contribution in [0.1, 0.15) is 5.56 Å². The SMILES string of the molecule is O=C1C=CC(O)=C1c1ccc(Br)cc1. The molecule has 0 saturated carbocycles. The van der Waals surface area contributed by atoms with Gasteiger partial charge < -0.3 is 5.11 Å². The Morgan fingerprint density at radius 2 is 1.71 bits per heavy atom. The average Bonchev–Trinajstić information content (AvgIpc) is 2.49. The molecule has 0 amide bonds. The predicted octanol–water partition coefficient (Wildman–Crippen LogP) is 2.86. The second kappa shape index (κ2) is 3.42. The summed E-state index contributed by atoms with van der Waals surface area (Å²) in [5.74, 6) is -0.109. The maximum Gasteiger partial charge on any atom is 0.190 e. The van der Waals surface area contributed by atoms with Gasteiger partial charge in [-0.25, -0.2) is 0 Å². The number of carbonyl (C=O) groups is 1. The first kappa shape index (κ1) is 9.21. The van der Waals surface area contributed by atoms with Gasteiger partial charge in [0.1, 0.15) is 5.76 Å². The van der Waals surface area contributed by atoms with Gasteiger partial charge in [0.15, 0.2) is 5.78 Å². The molecule has 0 aromatic heterocycles. The molecule has 0 spiro atoms. The molecular formula is C11H7BrO2. The van der Waals surface area contributed by atoms with Crippen molar-refractivity contribution in [2.45, 2.75) is 0 Å². The Kier molecular flexibility index (Phi) is 2.25. The Hall–Kier alpha value is -1.35. The van der Waals surface area contributed by atoms with Gasteiger partial charge in [0.2, 0.25) is 0 Å². The van der Waals surface area contributed by atoms with E-state index in [4.69, 9.17) is 0 Å². The highest BCUT2D eigenvalue weighted by molar-refractivity contribution is 9.10. The quantitative estimate of drug-likeness (QED) is 0.833. The van der Waals surface area contributed by atoms with Crippen molar-refractivity contribution >= 4 is 27.3 Å². The summed E-state index contributed by atoms with van der Waals surface area (Å²) >= 11 is 3.31. The normalized spacial score (nSPS) is 15.4. The van der Waals surface area contributed by atoms with Crippen molar-refractivity contribution in [1.82, 2.24) is 0 Å². The molecule has 0 fully saturated rings. The number of ketones is 1. The van der Waals surface area contributed by atoms with Gasteiger partial charge in [0, 0.05) is 4.47 Å². The van der Waals surface area contributed by atoms with Crippen molar-refractivity contribution in [1.29, 1.82) is 0 Å². The monoisotopic (exact) mass is 250 g/mol. The highest BCUT2D eigenvalue weighted by Gasteiger charge is 2.18. The van der Waals surface area contributed by atoms with E-state index in [1.54, 1.807) is 12.1 Å². The van der Waals surface area contributed by atoms with Crippen LogP contribution in [0.5, 0.6) is 0 Å². The van der Waals surface area contributed by atoms with Crippen LogP contribution in [0, 0.1) is 0 Å². The Morgan fingerprint density at radius 1 is 1.07 bits per heavy atom. The molecule has 0 radical (unpaired) electrons. The van der Waals surface area contributed by atoms with E-state index < -0.39 is 0 Å². The highest BCUT2D eigenvalue weighted by Crippen LogP contribution is 2.25. The van der Waals surface area contributed by atoms with Crippen molar-refractivity contribution in [3.8, 4) is 0 Å². The van der Waals surface area contributed by atoms with E-state index in [0.29, 0.717) is 5.57 Å². The number of carbonyl (C=O) groups excluding carboxylic acids is 1. The van der Waals surface area contributed by atoms with Crippen molar-refractivity contribution in [2.75, 3.05) is 0 Å². The molecule has 3 heteroatoms. The van der Waals surface area contributed by atoms with E-state index >= 15 is 0 Å². The second-order valence-electron chi connectivity index (χ2n) is 2.96. The van der Waals surface area contributed by atoms with Crippen molar-refractivity contribution < 1.29 is 9.90 Å². The van der Waals surface area contributed by atoms with E-state index in [9.17, 15) is 9.90 Å². The standard InChI is InChI=1S/C11H7BrO2/c12-8-3-1-7(2-4-8)11-9(13)5-6-10(11)14/h1-6,13H. The van der Waals surface area contributed by atoms with Gasteiger partial charge in [0.05, 0.1) is 5.57 Å². The summed E-state index contributed by atoms with van der Waals surface area (Å²) in [7, 11) is 0. The fourth-order valence-corrected chi connectivity index (χ4v) is 1.62. The molecule has 2 rings (SSSR count). The number of aliphatic hydroxyl groups excluding tert-OH is 1. The van der Waals surface area contributed by atoms with Crippen molar-refractivity contribution in [3.63, 3.8) is 0 Å². The molecule has 0 saturated heterocycles. The Morgan fingerprint density at radius 3 is 2.21 bits per heavy atom. The minimum atomic E-state index is -0.148. The lowest BCUT2D eigenvalue weighted by molar-refractivity contribution is -0.109. The summed E-state index contributed by atoms with van der Waals surface area (Å²) in [6.45, 7) is 0.